The third-order valence-corrected chi connectivity index (χ3v) is 4.17. The molecule has 5 nitrogen and oxygen atoms in total. The van der Waals surface area contributed by atoms with Crippen LogP contribution in [0.5, 0.6) is 5.88 Å². The molecule has 1 N–H and O–H groups in total. The van der Waals surface area contributed by atoms with Gasteiger partial charge < -0.3 is 15.0 Å². The second-order valence-corrected chi connectivity index (χ2v) is 6.10. The monoisotopic (exact) mass is 365 g/mol. The molecule has 1 aliphatic heterocycles. The van der Waals surface area contributed by atoms with Crippen LogP contribution in [0.4, 0.5) is 23.7 Å². The van der Waals surface area contributed by atoms with Gasteiger partial charge >= 0.3 is 12.2 Å². The van der Waals surface area contributed by atoms with Gasteiger partial charge in [-0.15, -0.1) is 0 Å². The van der Waals surface area contributed by atoms with Crippen LogP contribution in [-0.4, -0.2) is 35.1 Å². The van der Waals surface area contributed by atoms with E-state index in [-0.39, 0.29) is 18.5 Å². The summed E-state index contributed by atoms with van der Waals surface area (Å²) in [4.78, 5) is 17.7. The van der Waals surface area contributed by atoms with Gasteiger partial charge in [-0.25, -0.2) is 9.78 Å². The minimum Gasteiger partial charge on any atom is -0.472 e. The zero-order chi connectivity index (χ0) is 18.7. The standard InChI is InChI=1S/C18H18F3N3O2/c1-12-4-2-3-5-15(12)23-17(25)24-9-7-14(11-24)26-16-10-13(6-8-22-16)18(19,20)21/h2-6,8,10,14H,7,9,11H2,1H3,(H,23,25). The number of nitrogens with one attached hydrogen (secondary N) is 1. The minimum atomic E-state index is -4.45. The van der Waals surface area contributed by atoms with Crippen molar-refractivity contribution in [3.05, 3.63) is 53.7 Å². The lowest BCUT2D eigenvalue weighted by Crippen LogP contribution is -2.34. The summed E-state index contributed by atoms with van der Waals surface area (Å²) in [7, 11) is 0. The molecule has 8 heteroatoms. The zero-order valence-corrected chi connectivity index (χ0v) is 14.1. The summed E-state index contributed by atoms with van der Waals surface area (Å²) >= 11 is 0. The van der Waals surface area contributed by atoms with Crippen LogP contribution >= 0.6 is 0 Å². The van der Waals surface area contributed by atoms with Crippen LogP contribution in [0.3, 0.4) is 0 Å². The first-order chi connectivity index (χ1) is 12.3. The smallest absolute Gasteiger partial charge is 0.416 e. The average molecular weight is 365 g/mol. The quantitative estimate of drug-likeness (QED) is 0.891. The number of nitrogens with zero attached hydrogens (tertiary/aromatic N) is 2. The lowest BCUT2D eigenvalue weighted by molar-refractivity contribution is -0.137. The topological polar surface area (TPSA) is 54.5 Å². The van der Waals surface area contributed by atoms with Crippen LogP contribution < -0.4 is 10.1 Å². The fourth-order valence-electron chi connectivity index (χ4n) is 2.74. The summed E-state index contributed by atoms with van der Waals surface area (Å²) in [5.74, 6) is -0.0917. The first kappa shape index (κ1) is 18.0. The number of anilines is 1. The number of carbonyl (C=O) groups is 1. The molecule has 0 aliphatic carbocycles. The Bertz CT molecular complexity index is 795. The number of aryl methyl sites for hydroxylation is 1. The molecule has 138 valence electrons. The maximum Gasteiger partial charge on any atom is 0.416 e. The number of carbonyl (C=O) groups excluding carboxylic acids is 1. The molecule has 1 aliphatic rings. The zero-order valence-electron chi connectivity index (χ0n) is 14.1. The number of likely N-dealkylation sites (tertiary alicyclic amines) is 1. The number of halogens is 3. The molecule has 0 radical (unpaired) electrons. The first-order valence-electron chi connectivity index (χ1n) is 8.14. The third-order valence-electron chi connectivity index (χ3n) is 4.17. The highest BCUT2D eigenvalue weighted by Crippen LogP contribution is 2.31. The van der Waals surface area contributed by atoms with Crippen molar-refractivity contribution in [3.63, 3.8) is 0 Å². The van der Waals surface area contributed by atoms with Crippen LogP contribution in [-0.2, 0) is 6.18 Å². The maximum absolute atomic E-state index is 12.7. The molecular weight excluding hydrogens is 347 g/mol. The van der Waals surface area contributed by atoms with Crippen molar-refractivity contribution in [2.75, 3.05) is 18.4 Å². The summed E-state index contributed by atoms with van der Waals surface area (Å²) in [5, 5.41) is 2.83. The second-order valence-electron chi connectivity index (χ2n) is 6.10. The molecule has 1 atom stereocenters. The van der Waals surface area contributed by atoms with Gasteiger partial charge in [-0.2, -0.15) is 13.2 Å². The summed E-state index contributed by atoms with van der Waals surface area (Å²) in [6, 6.07) is 8.92. The van der Waals surface area contributed by atoms with Gasteiger partial charge in [0.15, 0.2) is 0 Å². The van der Waals surface area contributed by atoms with E-state index in [0.717, 1.165) is 29.6 Å². The predicted molar refractivity (Wildman–Crippen MR) is 90.0 cm³/mol. The average Bonchev–Trinajstić information content (AvgIpc) is 3.05. The van der Waals surface area contributed by atoms with Crippen molar-refractivity contribution in [2.24, 2.45) is 0 Å². The van der Waals surface area contributed by atoms with Crippen molar-refractivity contribution in [1.82, 2.24) is 9.88 Å². The fourth-order valence-corrected chi connectivity index (χ4v) is 2.74. The SMILES string of the molecule is Cc1ccccc1NC(=O)N1CCC(Oc2cc(C(F)(F)F)ccn2)C1. The van der Waals surface area contributed by atoms with Crippen molar-refractivity contribution in [3.8, 4) is 5.88 Å². The van der Waals surface area contributed by atoms with E-state index in [9.17, 15) is 18.0 Å². The molecule has 1 fully saturated rings. The van der Waals surface area contributed by atoms with Gasteiger partial charge in [0.2, 0.25) is 5.88 Å². The first-order valence-corrected chi connectivity index (χ1v) is 8.14. The molecule has 0 bridgehead atoms. The molecule has 2 aromatic rings. The number of benzene rings is 1. The van der Waals surface area contributed by atoms with Crippen LogP contribution in [0.1, 0.15) is 17.5 Å². The lowest BCUT2D eigenvalue weighted by Gasteiger charge is -2.18. The Morgan fingerprint density at radius 3 is 2.81 bits per heavy atom. The van der Waals surface area contributed by atoms with Crippen LogP contribution in [0.25, 0.3) is 0 Å². The summed E-state index contributed by atoms with van der Waals surface area (Å²) in [6.07, 6.45) is -3.25. The number of para-hydroxylation sites is 1. The molecule has 0 saturated carbocycles. The number of ether oxygens (including phenoxy) is 1. The summed E-state index contributed by atoms with van der Waals surface area (Å²) < 4.78 is 43.8. The molecular formula is C18H18F3N3O2. The highest BCUT2D eigenvalue weighted by molar-refractivity contribution is 5.90. The van der Waals surface area contributed by atoms with E-state index in [1.807, 2.05) is 31.2 Å². The second kappa shape index (κ2) is 7.23. The number of aromatic nitrogens is 1. The summed E-state index contributed by atoms with van der Waals surface area (Å²) in [6.45, 7) is 2.64. The van der Waals surface area contributed by atoms with E-state index in [1.54, 1.807) is 4.90 Å². The Morgan fingerprint density at radius 1 is 1.31 bits per heavy atom. The van der Waals surface area contributed by atoms with Gasteiger partial charge in [0, 0.05) is 30.9 Å². The van der Waals surface area contributed by atoms with E-state index in [2.05, 4.69) is 10.3 Å². The van der Waals surface area contributed by atoms with Crippen molar-refractivity contribution >= 4 is 11.7 Å². The highest BCUT2D eigenvalue weighted by Gasteiger charge is 2.32. The number of amides is 2. The Balaban J connectivity index is 1.59. The van der Waals surface area contributed by atoms with Crippen molar-refractivity contribution < 1.29 is 22.7 Å². The van der Waals surface area contributed by atoms with Gasteiger partial charge in [-0.1, -0.05) is 18.2 Å². The normalized spacial score (nSPS) is 17.2. The van der Waals surface area contributed by atoms with E-state index in [1.165, 1.54) is 0 Å². The van der Waals surface area contributed by atoms with E-state index < -0.39 is 17.8 Å². The largest absolute Gasteiger partial charge is 0.472 e. The van der Waals surface area contributed by atoms with Gasteiger partial charge in [0.05, 0.1) is 12.1 Å². The van der Waals surface area contributed by atoms with Crippen LogP contribution in [0.15, 0.2) is 42.6 Å². The highest BCUT2D eigenvalue weighted by atomic mass is 19.4. The number of urea groups is 1. The molecule has 1 aromatic carbocycles. The molecule has 0 spiro atoms. The predicted octanol–water partition coefficient (Wildman–Crippen LogP) is 4.09. The van der Waals surface area contributed by atoms with Gasteiger partial charge in [0.25, 0.3) is 0 Å². The van der Waals surface area contributed by atoms with Crippen LogP contribution in [0.2, 0.25) is 0 Å². The van der Waals surface area contributed by atoms with E-state index in [4.69, 9.17) is 4.74 Å². The Labute approximate surface area is 148 Å². The number of hydrogen-bond donors (Lipinski definition) is 1. The number of pyridine rings is 1. The van der Waals surface area contributed by atoms with E-state index in [0.29, 0.717) is 13.0 Å². The summed E-state index contributed by atoms with van der Waals surface area (Å²) in [5.41, 5.74) is 0.858. The Kier molecular flexibility index (Phi) is 5.01. The Hall–Kier alpha value is -2.77. The molecule has 3 rings (SSSR count). The number of alkyl halides is 3. The molecule has 2 heterocycles. The van der Waals surface area contributed by atoms with Gasteiger partial charge in [0.1, 0.15) is 6.10 Å². The van der Waals surface area contributed by atoms with Crippen molar-refractivity contribution in [1.29, 1.82) is 0 Å². The van der Waals surface area contributed by atoms with Gasteiger partial charge in [-0.05, 0) is 24.6 Å². The lowest BCUT2D eigenvalue weighted by atomic mass is 10.2. The number of rotatable bonds is 3. The van der Waals surface area contributed by atoms with Gasteiger partial charge in [-0.3, -0.25) is 0 Å². The van der Waals surface area contributed by atoms with Crippen LogP contribution in [0, 0.1) is 6.92 Å². The third kappa shape index (κ3) is 4.25. The number of hydrogen-bond acceptors (Lipinski definition) is 3. The Morgan fingerprint density at radius 2 is 2.08 bits per heavy atom. The molecule has 1 unspecified atom stereocenters. The maximum atomic E-state index is 12.7. The molecule has 26 heavy (non-hydrogen) atoms. The fraction of sp³-hybridized carbons (Fsp3) is 0.333. The minimum absolute atomic E-state index is 0.0917. The van der Waals surface area contributed by atoms with E-state index >= 15 is 0 Å². The van der Waals surface area contributed by atoms with Crippen molar-refractivity contribution in [2.45, 2.75) is 25.6 Å². The molecule has 1 aromatic heterocycles. The molecule has 2 amide bonds. The molecule has 1 saturated heterocycles.